The molecule has 3 rings (SSSR count). The molecule has 29 heavy (non-hydrogen) atoms. The van der Waals surface area contributed by atoms with Crippen molar-refractivity contribution in [2.75, 3.05) is 7.11 Å². The highest BCUT2D eigenvalue weighted by Gasteiger charge is 2.37. The largest absolute Gasteiger partial charge is 0.465 e. The van der Waals surface area contributed by atoms with Crippen LogP contribution in [0.5, 0.6) is 0 Å². The number of aromatic nitrogens is 2. The number of carbonyl (C=O) groups is 2. The summed E-state index contributed by atoms with van der Waals surface area (Å²) in [5, 5.41) is 3.73. The van der Waals surface area contributed by atoms with E-state index < -0.39 is 30.4 Å². The van der Waals surface area contributed by atoms with Crippen molar-refractivity contribution in [1.29, 1.82) is 0 Å². The number of esters is 1. The number of methoxy groups -OCH3 is 1. The van der Waals surface area contributed by atoms with Gasteiger partial charge in [-0.2, -0.15) is 18.3 Å². The number of ether oxygens (including phenoxy) is 1. The number of hydrazone groups is 1. The number of rotatable bonds is 5. The lowest BCUT2D eigenvalue weighted by Crippen LogP contribution is -2.26. The number of halogens is 3. The van der Waals surface area contributed by atoms with Crippen LogP contribution in [-0.4, -0.2) is 34.8 Å². The molecule has 150 valence electrons. The molecule has 2 aromatic carbocycles. The third-order valence-electron chi connectivity index (χ3n) is 3.94. The van der Waals surface area contributed by atoms with Crippen LogP contribution in [0.15, 0.2) is 53.6 Å². The van der Waals surface area contributed by atoms with E-state index in [2.05, 4.69) is 20.2 Å². The summed E-state index contributed by atoms with van der Waals surface area (Å²) in [6, 6.07) is 12.2. The normalized spacial score (nSPS) is 11.7. The first-order chi connectivity index (χ1) is 13.8. The average Bonchev–Trinajstić information content (AvgIpc) is 3.07. The number of fused-ring (bicyclic) bond motifs is 1. The second-order valence-corrected chi connectivity index (χ2v) is 5.91. The molecule has 1 heterocycles. The van der Waals surface area contributed by atoms with Crippen LogP contribution in [0.4, 0.5) is 13.2 Å². The first-order valence-corrected chi connectivity index (χ1v) is 8.32. The van der Waals surface area contributed by atoms with Gasteiger partial charge in [0.1, 0.15) is 6.54 Å². The molecule has 10 heteroatoms. The Morgan fingerprint density at radius 1 is 1.17 bits per heavy atom. The summed E-state index contributed by atoms with van der Waals surface area (Å²) < 4.78 is 45.1. The molecule has 0 spiro atoms. The summed E-state index contributed by atoms with van der Waals surface area (Å²) >= 11 is 0. The van der Waals surface area contributed by atoms with E-state index in [-0.39, 0.29) is 11.0 Å². The maximum absolute atomic E-state index is 13.2. The van der Waals surface area contributed by atoms with Crippen molar-refractivity contribution < 1.29 is 27.5 Å². The fraction of sp³-hybridized carbons (Fsp3) is 0.158. The molecular formula is C19H15F3N4O3. The molecule has 0 aliphatic rings. The molecular weight excluding hydrogens is 389 g/mol. The van der Waals surface area contributed by atoms with Crippen LogP contribution in [-0.2, 0) is 22.3 Å². The van der Waals surface area contributed by atoms with Gasteiger partial charge in [-0.3, -0.25) is 4.79 Å². The van der Waals surface area contributed by atoms with E-state index in [0.717, 1.165) is 4.57 Å². The summed E-state index contributed by atoms with van der Waals surface area (Å²) in [5.41, 5.74) is 3.44. The minimum Gasteiger partial charge on any atom is -0.465 e. The van der Waals surface area contributed by atoms with Gasteiger partial charge in [0.15, 0.2) is 0 Å². The van der Waals surface area contributed by atoms with Crippen LogP contribution in [0.2, 0.25) is 0 Å². The summed E-state index contributed by atoms with van der Waals surface area (Å²) in [4.78, 5) is 27.1. The number of hydrogen-bond donors (Lipinski definition) is 1. The quantitative estimate of drug-likeness (QED) is 0.403. The molecule has 0 aliphatic heterocycles. The third-order valence-corrected chi connectivity index (χ3v) is 3.94. The first kappa shape index (κ1) is 20.1. The highest BCUT2D eigenvalue weighted by molar-refractivity contribution is 5.91. The molecule has 0 bridgehead atoms. The molecule has 0 atom stereocenters. The van der Waals surface area contributed by atoms with Gasteiger partial charge in [-0.1, -0.05) is 24.3 Å². The third kappa shape index (κ3) is 4.60. The number of amides is 1. The molecule has 1 amide bonds. The zero-order valence-electron chi connectivity index (χ0n) is 15.1. The van der Waals surface area contributed by atoms with Gasteiger partial charge in [0, 0.05) is 0 Å². The van der Waals surface area contributed by atoms with E-state index in [4.69, 9.17) is 0 Å². The minimum atomic E-state index is -4.70. The van der Waals surface area contributed by atoms with E-state index >= 15 is 0 Å². The van der Waals surface area contributed by atoms with Crippen molar-refractivity contribution in [2.24, 2.45) is 5.10 Å². The molecule has 0 saturated carbocycles. The Kier molecular flexibility index (Phi) is 5.62. The molecule has 7 nitrogen and oxygen atoms in total. The molecule has 0 aliphatic carbocycles. The summed E-state index contributed by atoms with van der Waals surface area (Å²) in [5.74, 6) is -2.40. The highest BCUT2D eigenvalue weighted by atomic mass is 19.4. The van der Waals surface area contributed by atoms with E-state index in [0.29, 0.717) is 11.1 Å². The van der Waals surface area contributed by atoms with Crippen LogP contribution in [0.25, 0.3) is 11.0 Å². The second-order valence-electron chi connectivity index (χ2n) is 5.91. The summed E-state index contributed by atoms with van der Waals surface area (Å²) in [6.07, 6.45) is -3.40. The summed E-state index contributed by atoms with van der Waals surface area (Å²) in [6.45, 7) is -0.603. The Balaban J connectivity index is 1.71. The highest BCUT2D eigenvalue weighted by Crippen LogP contribution is 2.31. The van der Waals surface area contributed by atoms with E-state index in [1.54, 1.807) is 24.3 Å². The number of nitrogens with one attached hydrogen (secondary N) is 1. The SMILES string of the molecule is COC(=O)c1ccc(C=NNC(=O)Cn2c(C(F)(F)F)nc3ccccc32)cc1. The Morgan fingerprint density at radius 2 is 1.86 bits per heavy atom. The zero-order valence-corrected chi connectivity index (χ0v) is 15.1. The van der Waals surface area contributed by atoms with E-state index in [9.17, 15) is 22.8 Å². The van der Waals surface area contributed by atoms with Crippen LogP contribution in [0, 0.1) is 0 Å². The van der Waals surface area contributed by atoms with E-state index in [1.807, 2.05) is 0 Å². The predicted molar refractivity (Wildman–Crippen MR) is 98.3 cm³/mol. The van der Waals surface area contributed by atoms with Crippen molar-refractivity contribution in [3.05, 3.63) is 65.5 Å². The average molecular weight is 404 g/mol. The van der Waals surface area contributed by atoms with Crippen molar-refractivity contribution in [1.82, 2.24) is 15.0 Å². The molecule has 0 radical (unpaired) electrons. The number of hydrogen-bond acceptors (Lipinski definition) is 5. The van der Waals surface area contributed by atoms with Gasteiger partial charge in [0.05, 0.1) is 29.9 Å². The van der Waals surface area contributed by atoms with Gasteiger partial charge in [-0.25, -0.2) is 15.2 Å². The van der Waals surface area contributed by atoms with E-state index in [1.165, 1.54) is 37.6 Å². The monoisotopic (exact) mass is 404 g/mol. The van der Waals surface area contributed by atoms with Crippen molar-refractivity contribution in [3.8, 4) is 0 Å². The fourth-order valence-corrected chi connectivity index (χ4v) is 2.63. The molecule has 0 saturated heterocycles. The van der Waals surface area contributed by atoms with Crippen molar-refractivity contribution in [3.63, 3.8) is 0 Å². The van der Waals surface area contributed by atoms with Crippen molar-refractivity contribution in [2.45, 2.75) is 12.7 Å². The second kappa shape index (κ2) is 8.13. The number of alkyl halides is 3. The molecule has 1 aromatic heterocycles. The fourth-order valence-electron chi connectivity index (χ4n) is 2.63. The maximum atomic E-state index is 13.2. The van der Waals surface area contributed by atoms with Gasteiger partial charge in [-0.05, 0) is 29.8 Å². The lowest BCUT2D eigenvalue weighted by Gasteiger charge is -2.10. The molecule has 1 N–H and O–H groups in total. The van der Waals surface area contributed by atoms with Gasteiger partial charge in [-0.15, -0.1) is 0 Å². The number of imidazole rings is 1. The smallest absolute Gasteiger partial charge is 0.449 e. The van der Waals surface area contributed by atoms with Gasteiger partial charge < -0.3 is 9.30 Å². The minimum absolute atomic E-state index is 0.141. The van der Waals surface area contributed by atoms with Gasteiger partial charge in [0.25, 0.3) is 5.91 Å². The van der Waals surface area contributed by atoms with Crippen LogP contribution in [0.3, 0.4) is 0 Å². The van der Waals surface area contributed by atoms with Crippen LogP contribution < -0.4 is 5.43 Å². The molecule has 0 unspecified atom stereocenters. The van der Waals surface area contributed by atoms with Crippen LogP contribution >= 0.6 is 0 Å². The van der Waals surface area contributed by atoms with Crippen molar-refractivity contribution >= 4 is 29.1 Å². The molecule has 3 aromatic rings. The summed E-state index contributed by atoms with van der Waals surface area (Å²) in [7, 11) is 1.26. The standard InChI is InChI=1S/C19H15F3N4O3/c1-29-17(28)13-8-6-12(7-9-13)10-23-25-16(27)11-26-15-5-3-2-4-14(15)24-18(26)19(20,21)22/h2-10H,11H2,1H3,(H,25,27). The first-order valence-electron chi connectivity index (χ1n) is 8.32. The van der Waals surface area contributed by atoms with Crippen LogP contribution in [0.1, 0.15) is 21.7 Å². The Labute approximate surface area is 162 Å². The van der Waals surface area contributed by atoms with Gasteiger partial charge in [0.2, 0.25) is 5.82 Å². The number of para-hydroxylation sites is 2. The lowest BCUT2D eigenvalue weighted by molar-refractivity contribution is -0.147. The number of benzene rings is 2. The topological polar surface area (TPSA) is 85.6 Å². The Bertz CT molecular complexity index is 1070. The lowest BCUT2D eigenvalue weighted by atomic mass is 10.1. The Hall–Kier alpha value is -3.69. The number of carbonyl (C=O) groups excluding carboxylic acids is 2. The van der Waals surface area contributed by atoms with Gasteiger partial charge >= 0.3 is 12.1 Å². The molecule has 0 fully saturated rings. The number of nitrogens with zero attached hydrogens (tertiary/aromatic N) is 3. The predicted octanol–water partition coefficient (Wildman–Crippen LogP) is 2.99. The Morgan fingerprint density at radius 3 is 2.52 bits per heavy atom. The zero-order chi connectivity index (χ0) is 21.0. The maximum Gasteiger partial charge on any atom is 0.449 e.